The van der Waals surface area contributed by atoms with Crippen molar-refractivity contribution >= 4 is 28.5 Å². The molecule has 0 bridgehead atoms. The summed E-state index contributed by atoms with van der Waals surface area (Å²) in [5.74, 6) is -2.54. The largest absolute Gasteiger partial charge is 0.333 e. The van der Waals surface area contributed by atoms with Crippen LogP contribution in [0, 0.1) is 11.6 Å². The summed E-state index contributed by atoms with van der Waals surface area (Å²) in [7, 11) is 0. The molecule has 5 rings (SSSR count). The number of aromatic nitrogens is 2. The van der Waals surface area contributed by atoms with E-state index >= 15 is 0 Å². The van der Waals surface area contributed by atoms with Gasteiger partial charge in [-0.25, -0.2) is 13.8 Å². The predicted molar refractivity (Wildman–Crippen MR) is 155 cm³/mol. The molecule has 4 aromatic rings. The lowest BCUT2D eigenvalue weighted by molar-refractivity contribution is -0.116. The fraction of sp³-hybridized carbons (Fsp3) is 0.344. The average molecular weight is 560 g/mol. The molecular weight excluding hydrogens is 524 g/mol. The molecule has 7 nitrogen and oxygen atoms in total. The Morgan fingerprint density at radius 1 is 0.927 bits per heavy atom. The smallest absolute Gasteiger partial charge is 0.254 e. The molecule has 0 N–H and O–H groups in total. The maximum absolute atomic E-state index is 14.5. The highest BCUT2D eigenvalue weighted by molar-refractivity contribution is 5.98. The van der Waals surface area contributed by atoms with E-state index in [1.807, 2.05) is 24.3 Å². The lowest BCUT2D eigenvalue weighted by Gasteiger charge is -2.28. The molecule has 0 unspecified atom stereocenters. The summed E-state index contributed by atoms with van der Waals surface area (Å²) in [5.41, 5.74) is 3.97. The zero-order valence-corrected chi connectivity index (χ0v) is 23.5. The van der Waals surface area contributed by atoms with E-state index in [9.17, 15) is 18.4 Å². The van der Waals surface area contributed by atoms with Gasteiger partial charge < -0.3 is 14.4 Å². The van der Waals surface area contributed by atoms with Crippen LogP contribution in [0.3, 0.4) is 0 Å². The number of hydrogen-bond acceptors (Lipinski definition) is 4. The van der Waals surface area contributed by atoms with Crippen LogP contribution >= 0.6 is 0 Å². The van der Waals surface area contributed by atoms with E-state index in [0.717, 1.165) is 41.7 Å². The van der Waals surface area contributed by atoms with Gasteiger partial charge in [0.2, 0.25) is 5.91 Å². The third-order valence-electron chi connectivity index (χ3n) is 7.56. The summed E-state index contributed by atoms with van der Waals surface area (Å²) in [6.07, 6.45) is 3.38. The van der Waals surface area contributed by atoms with Crippen molar-refractivity contribution in [2.45, 2.75) is 46.3 Å². The van der Waals surface area contributed by atoms with E-state index in [4.69, 9.17) is 0 Å². The average Bonchev–Trinajstić information content (AvgIpc) is 3.35. The first-order chi connectivity index (χ1) is 19.8. The van der Waals surface area contributed by atoms with E-state index in [-0.39, 0.29) is 18.4 Å². The first-order valence-corrected chi connectivity index (χ1v) is 14.1. The number of benzene rings is 3. The van der Waals surface area contributed by atoms with Crippen molar-refractivity contribution in [1.29, 1.82) is 0 Å². The summed E-state index contributed by atoms with van der Waals surface area (Å²) < 4.78 is 31.0. The predicted octanol–water partition coefficient (Wildman–Crippen LogP) is 5.63. The van der Waals surface area contributed by atoms with Gasteiger partial charge in [-0.05, 0) is 48.2 Å². The Labute approximate surface area is 239 Å². The minimum atomic E-state index is -1.03. The Hall–Kier alpha value is -4.11. The van der Waals surface area contributed by atoms with E-state index in [1.54, 1.807) is 23.4 Å². The summed E-state index contributed by atoms with van der Waals surface area (Å²) in [6.45, 7) is 7.01. The van der Waals surface area contributed by atoms with Crippen molar-refractivity contribution < 1.29 is 18.4 Å². The third kappa shape index (κ3) is 6.46. The van der Waals surface area contributed by atoms with E-state index in [0.29, 0.717) is 56.0 Å². The normalized spacial score (nSPS) is 15.0. The Kier molecular flexibility index (Phi) is 8.73. The van der Waals surface area contributed by atoms with Crippen LogP contribution in [0.15, 0.2) is 67.0 Å². The number of carbonyl (C=O) groups excluding carboxylic acids is 2. The van der Waals surface area contributed by atoms with Gasteiger partial charge in [-0.15, -0.1) is 0 Å². The van der Waals surface area contributed by atoms with E-state index < -0.39 is 11.6 Å². The molecule has 0 saturated heterocycles. The van der Waals surface area contributed by atoms with Crippen molar-refractivity contribution in [1.82, 2.24) is 19.4 Å². The van der Waals surface area contributed by atoms with Crippen molar-refractivity contribution in [3.8, 4) is 0 Å². The maximum Gasteiger partial charge on any atom is 0.254 e. The van der Waals surface area contributed by atoms with Crippen LogP contribution in [0.2, 0.25) is 0 Å². The molecule has 214 valence electrons. The number of rotatable bonds is 5. The van der Waals surface area contributed by atoms with Gasteiger partial charge in [0, 0.05) is 64.4 Å². The molecule has 2 amide bonds. The molecule has 1 aliphatic rings. The second-order valence-electron chi connectivity index (χ2n) is 10.5. The van der Waals surface area contributed by atoms with Crippen LogP contribution in [0.5, 0.6) is 0 Å². The zero-order valence-electron chi connectivity index (χ0n) is 23.5. The molecule has 0 aliphatic carbocycles. The van der Waals surface area contributed by atoms with E-state index in [1.165, 1.54) is 11.8 Å². The molecule has 1 aromatic heterocycles. The monoisotopic (exact) mass is 559 g/mol. The number of aryl methyl sites for hydroxylation is 1. The number of imidazole rings is 1. The van der Waals surface area contributed by atoms with Crippen molar-refractivity contribution in [2.75, 3.05) is 31.1 Å². The van der Waals surface area contributed by atoms with Crippen molar-refractivity contribution in [3.05, 3.63) is 95.3 Å². The lowest BCUT2D eigenvalue weighted by Crippen LogP contribution is -2.38. The third-order valence-corrected chi connectivity index (χ3v) is 7.56. The van der Waals surface area contributed by atoms with Crippen LogP contribution in [0.25, 0.3) is 11.0 Å². The Bertz CT molecular complexity index is 1540. The van der Waals surface area contributed by atoms with Gasteiger partial charge in [0.25, 0.3) is 5.91 Å². The van der Waals surface area contributed by atoms with Crippen molar-refractivity contribution in [2.24, 2.45) is 0 Å². The maximum atomic E-state index is 14.5. The molecule has 1 aliphatic heterocycles. The second kappa shape index (κ2) is 12.6. The Morgan fingerprint density at radius 3 is 2.46 bits per heavy atom. The Morgan fingerprint density at radius 2 is 1.71 bits per heavy atom. The number of carbonyl (C=O) groups is 2. The van der Waals surface area contributed by atoms with Crippen LogP contribution in [-0.2, 0) is 24.4 Å². The summed E-state index contributed by atoms with van der Waals surface area (Å²) in [5, 5.41) is 0. The van der Waals surface area contributed by atoms with E-state index in [2.05, 4.69) is 33.5 Å². The van der Waals surface area contributed by atoms with Gasteiger partial charge >= 0.3 is 0 Å². The minimum absolute atomic E-state index is 0.0244. The fourth-order valence-corrected chi connectivity index (χ4v) is 5.49. The quantitative estimate of drug-likeness (QED) is 0.318. The molecule has 41 heavy (non-hydrogen) atoms. The van der Waals surface area contributed by atoms with Crippen LogP contribution in [-0.4, -0.2) is 57.3 Å². The van der Waals surface area contributed by atoms with Gasteiger partial charge in [-0.2, -0.15) is 0 Å². The van der Waals surface area contributed by atoms with Gasteiger partial charge in [-0.3, -0.25) is 14.5 Å². The topological polar surface area (TPSA) is 61.7 Å². The molecule has 0 spiro atoms. The van der Waals surface area contributed by atoms with Gasteiger partial charge in [0.15, 0.2) is 11.6 Å². The summed E-state index contributed by atoms with van der Waals surface area (Å²) in [6, 6.07) is 17.7. The number of anilines is 1. The first kappa shape index (κ1) is 28.4. The summed E-state index contributed by atoms with van der Waals surface area (Å²) in [4.78, 5) is 36.6. The molecule has 0 radical (unpaired) electrons. The zero-order chi connectivity index (χ0) is 28.9. The summed E-state index contributed by atoms with van der Waals surface area (Å²) >= 11 is 0. The standard InChI is InChI=1S/C32H35F2N5O2/c1-3-12-38-22-35-29-18-25(10-11-30(29)38)32(41)37-16-15-36(20-24-8-5-4-6-9-24)13-7-14-39(23(2)40)31-19-28(34)27(33)17-26(31)21-37/h4-6,8-11,17-19,22H,3,7,12-16,20-21H2,1-2H3. The lowest BCUT2D eigenvalue weighted by atomic mass is 10.1. The molecule has 3 aromatic carbocycles. The number of amides is 2. The number of halogens is 2. The SMILES string of the molecule is CCCn1cnc2cc(C(=O)N3CCN(Cc4ccccc4)CCCN(C(C)=O)c4cc(F)c(F)cc4C3)ccc21. The van der Waals surface area contributed by atoms with Gasteiger partial charge in [0.05, 0.1) is 23.0 Å². The van der Waals surface area contributed by atoms with Crippen LogP contribution in [0.1, 0.15) is 48.2 Å². The molecule has 9 heteroatoms. The number of fused-ring (bicyclic) bond motifs is 2. The second-order valence-corrected chi connectivity index (χ2v) is 10.5. The van der Waals surface area contributed by atoms with Crippen molar-refractivity contribution in [3.63, 3.8) is 0 Å². The van der Waals surface area contributed by atoms with Gasteiger partial charge in [-0.1, -0.05) is 37.3 Å². The highest BCUT2D eigenvalue weighted by atomic mass is 19.2. The highest BCUT2D eigenvalue weighted by Crippen LogP contribution is 2.28. The number of hydrogen-bond donors (Lipinski definition) is 0. The molecular formula is C32H35F2N5O2. The highest BCUT2D eigenvalue weighted by Gasteiger charge is 2.25. The molecule has 0 atom stereocenters. The Balaban J connectivity index is 1.51. The van der Waals surface area contributed by atoms with Gasteiger partial charge in [0.1, 0.15) is 0 Å². The molecule has 0 saturated carbocycles. The van der Waals surface area contributed by atoms with Crippen LogP contribution in [0.4, 0.5) is 14.5 Å². The number of nitrogens with zero attached hydrogens (tertiary/aromatic N) is 5. The first-order valence-electron chi connectivity index (χ1n) is 14.1. The van der Waals surface area contributed by atoms with Crippen LogP contribution < -0.4 is 4.90 Å². The molecule has 0 fully saturated rings. The molecule has 2 heterocycles. The minimum Gasteiger partial charge on any atom is -0.333 e. The fourth-order valence-electron chi connectivity index (χ4n) is 5.49.